The zero-order chi connectivity index (χ0) is 10.6. The Hall–Kier alpha value is -1.25. The van der Waals surface area contributed by atoms with E-state index in [1.54, 1.807) is 24.3 Å². The van der Waals surface area contributed by atoms with Gasteiger partial charge in [0.25, 0.3) is 0 Å². The molecule has 0 radical (unpaired) electrons. The molecule has 0 spiro atoms. The maximum atomic E-state index is 12.1. The molecule has 0 saturated carbocycles. The van der Waals surface area contributed by atoms with Crippen molar-refractivity contribution in [1.29, 1.82) is 0 Å². The Balaban J connectivity index is 2.66. The van der Waals surface area contributed by atoms with E-state index in [1.807, 2.05) is 6.07 Å². The monoisotopic (exact) mass is 200 g/mol. The lowest BCUT2D eigenvalue weighted by molar-refractivity contribution is -0.156. The molecule has 76 valence electrons. The summed E-state index contributed by atoms with van der Waals surface area (Å²) in [4.78, 5) is 0. The largest absolute Gasteiger partial charge is 0.394 e. The van der Waals surface area contributed by atoms with Gasteiger partial charge in [-0.2, -0.15) is 13.2 Å². The van der Waals surface area contributed by atoms with Gasteiger partial charge in [0.05, 0.1) is 5.92 Å². The molecule has 1 rings (SSSR count). The average Bonchev–Trinajstić information content (AvgIpc) is 2.14. The highest BCUT2D eigenvalue weighted by Crippen LogP contribution is 2.27. The van der Waals surface area contributed by atoms with E-state index in [0.717, 1.165) is 18.6 Å². The molecule has 0 unspecified atom stereocenters. The number of alkyl halides is 3. The topological polar surface area (TPSA) is 0 Å². The van der Waals surface area contributed by atoms with E-state index in [9.17, 15) is 13.2 Å². The van der Waals surface area contributed by atoms with E-state index in [1.165, 1.54) is 6.08 Å². The van der Waals surface area contributed by atoms with Crippen LogP contribution in [0.15, 0.2) is 36.4 Å². The average molecular weight is 200 g/mol. The molecule has 0 bridgehead atoms. The van der Waals surface area contributed by atoms with Crippen LogP contribution < -0.4 is 0 Å². The fraction of sp³-hybridized carbons (Fsp3) is 0.273. The smallest absolute Gasteiger partial charge is 0.170 e. The molecule has 0 nitrogen and oxygen atoms in total. The van der Waals surface area contributed by atoms with Crippen LogP contribution in [0.25, 0.3) is 6.08 Å². The Kier molecular flexibility index (Phi) is 3.33. The van der Waals surface area contributed by atoms with Crippen LogP contribution in [-0.4, -0.2) is 6.18 Å². The van der Waals surface area contributed by atoms with Crippen molar-refractivity contribution in [2.75, 3.05) is 0 Å². The maximum Gasteiger partial charge on any atom is 0.394 e. The van der Waals surface area contributed by atoms with Crippen molar-refractivity contribution in [2.45, 2.75) is 13.1 Å². The third-order valence-corrected chi connectivity index (χ3v) is 1.89. The first-order valence-electron chi connectivity index (χ1n) is 4.30. The molecule has 0 aliphatic heterocycles. The molecule has 0 heterocycles. The zero-order valence-electron chi connectivity index (χ0n) is 7.75. The van der Waals surface area contributed by atoms with Gasteiger partial charge in [0, 0.05) is 0 Å². The molecule has 1 aromatic rings. The molecule has 0 aliphatic carbocycles. The predicted molar refractivity (Wildman–Crippen MR) is 50.7 cm³/mol. The molecule has 0 saturated heterocycles. The highest BCUT2D eigenvalue weighted by molar-refractivity contribution is 5.48. The summed E-state index contributed by atoms with van der Waals surface area (Å²) in [5.74, 6) is -1.40. The van der Waals surface area contributed by atoms with Gasteiger partial charge in [-0.05, 0) is 5.56 Å². The molecular formula is C11H11F3. The number of rotatable bonds is 2. The summed E-state index contributed by atoms with van der Waals surface area (Å²) < 4.78 is 36.3. The Morgan fingerprint density at radius 3 is 2.21 bits per heavy atom. The van der Waals surface area contributed by atoms with Crippen LogP contribution in [0.5, 0.6) is 0 Å². The minimum absolute atomic E-state index is 0.781. The molecule has 14 heavy (non-hydrogen) atoms. The number of hydrogen-bond donors (Lipinski definition) is 0. The van der Waals surface area contributed by atoms with Crippen LogP contribution in [-0.2, 0) is 0 Å². The van der Waals surface area contributed by atoms with Gasteiger partial charge in [0.1, 0.15) is 0 Å². The minimum atomic E-state index is -4.15. The van der Waals surface area contributed by atoms with E-state index in [-0.39, 0.29) is 0 Å². The fourth-order valence-electron chi connectivity index (χ4n) is 0.929. The summed E-state index contributed by atoms with van der Waals surface area (Å²) >= 11 is 0. The van der Waals surface area contributed by atoms with E-state index < -0.39 is 12.1 Å². The van der Waals surface area contributed by atoms with Crippen LogP contribution in [0, 0.1) is 5.92 Å². The highest BCUT2D eigenvalue weighted by atomic mass is 19.4. The molecule has 0 aliphatic rings. The van der Waals surface area contributed by atoms with Crippen molar-refractivity contribution in [3.05, 3.63) is 42.0 Å². The summed E-state index contributed by atoms with van der Waals surface area (Å²) in [6, 6.07) is 8.93. The van der Waals surface area contributed by atoms with Crippen molar-refractivity contribution in [3.63, 3.8) is 0 Å². The Bertz CT molecular complexity index is 298. The lowest BCUT2D eigenvalue weighted by Gasteiger charge is -2.10. The Labute approximate surface area is 81.1 Å². The molecule has 0 aromatic heterocycles. The third-order valence-electron chi connectivity index (χ3n) is 1.89. The van der Waals surface area contributed by atoms with Gasteiger partial charge in [0.15, 0.2) is 0 Å². The number of halogens is 3. The van der Waals surface area contributed by atoms with Gasteiger partial charge in [-0.3, -0.25) is 0 Å². The van der Waals surface area contributed by atoms with Crippen LogP contribution in [0.2, 0.25) is 0 Å². The number of hydrogen-bond acceptors (Lipinski definition) is 0. The second-order valence-electron chi connectivity index (χ2n) is 3.10. The second-order valence-corrected chi connectivity index (χ2v) is 3.10. The van der Waals surface area contributed by atoms with Gasteiger partial charge in [-0.15, -0.1) is 0 Å². The molecule has 0 fully saturated rings. The summed E-state index contributed by atoms with van der Waals surface area (Å²) in [6.07, 6.45) is -1.50. The maximum absolute atomic E-state index is 12.1. The molecule has 0 N–H and O–H groups in total. The number of allylic oxidation sites excluding steroid dienone is 1. The van der Waals surface area contributed by atoms with Crippen LogP contribution in [0.1, 0.15) is 12.5 Å². The molecule has 3 heteroatoms. The summed E-state index contributed by atoms with van der Waals surface area (Å²) in [5, 5.41) is 0. The van der Waals surface area contributed by atoms with Gasteiger partial charge in [-0.25, -0.2) is 0 Å². The van der Waals surface area contributed by atoms with Gasteiger partial charge in [-0.1, -0.05) is 49.4 Å². The summed E-state index contributed by atoms with van der Waals surface area (Å²) in [5.41, 5.74) is 0.781. The molecule has 0 amide bonds. The van der Waals surface area contributed by atoms with E-state index >= 15 is 0 Å². The van der Waals surface area contributed by atoms with Gasteiger partial charge in [0.2, 0.25) is 0 Å². The zero-order valence-corrected chi connectivity index (χ0v) is 7.75. The Morgan fingerprint density at radius 1 is 1.14 bits per heavy atom. The summed E-state index contributed by atoms with van der Waals surface area (Å²) in [7, 11) is 0. The first-order valence-corrected chi connectivity index (χ1v) is 4.30. The van der Waals surface area contributed by atoms with Gasteiger partial charge < -0.3 is 0 Å². The lowest BCUT2D eigenvalue weighted by atomic mass is 10.1. The summed E-state index contributed by atoms with van der Waals surface area (Å²) in [6.45, 7) is 1.14. The molecular weight excluding hydrogens is 189 g/mol. The highest BCUT2D eigenvalue weighted by Gasteiger charge is 2.33. The van der Waals surface area contributed by atoms with Crippen LogP contribution >= 0.6 is 0 Å². The molecule has 1 aromatic carbocycles. The quantitative estimate of drug-likeness (QED) is 0.679. The minimum Gasteiger partial charge on any atom is -0.170 e. The van der Waals surface area contributed by atoms with Crippen LogP contribution in [0.4, 0.5) is 13.2 Å². The van der Waals surface area contributed by atoms with Gasteiger partial charge >= 0.3 is 6.18 Å². The number of benzene rings is 1. The van der Waals surface area contributed by atoms with Crippen molar-refractivity contribution in [3.8, 4) is 0 Å². The van der Waals surface area contributed by atoms with Crippen LogP contribution in [0.3, 0.4) is 0 Å². The van der Waals surface area contributed by atoms with Crippen molar-refractivity contribution < 1.29 is 13.2 Å². The van der Waals surface area contributed by atoms with Crippen molar-refractivity contribution >= 4 is 6.08 Å². The normalized spacial score (nSPS) is 14.6. The van der Waals surface area contributed by atoms with Crippen molar-refractivity contribution in [2.24, 2.45) is 5.92 Å². The predicted octanol–water partition coefficient (Wildman–Crippen LogP) is 3.90. The first kappa shape index (κ1) is 10.8. The SMILES string of the molecule is C[C@H](/C=C/c1ccccc1)C(F)(F)F. The first-order chi connectivity index (χ1) is 6.50. The third kappa shape index (κ3) is 3.24. The van der Waals surface area contributed by atoms with E-state index in [0.29, 0.717) is 0 Å². The standard InChI is InChI=1S/C11H11F3/c1-9(11(12,13)14)7-8-10-5-3-2-4-6-10/h2-9H,1H3/b8-7+/t9-/m1/s1. The van der Waals surface area contributed by atoms with E-state index in [4.69, 9.17) is 0 Å². The lowest BCUT2D eigenvalue weighted by Crippen LogP contribution is -2.17. The molecule has 1 atom stereocenters. The van der Waals surface area contributed by atoms with Crippen molar-refractivity contribution in [1.82, 2.24) is 0 Å². The Morgan fingerprint density at radius 2 is 1.71 bits per heavy atom. The second kappa shape index (κ2) is 4.31. The van der Waals surface area contributed by atoms with E-state index in [2.05, 4.69) is 0 Å². The fourth-order valence-corrected chi connectivity index (χ4v) is 0.929.